The number of fused-ring (bicyclic) bond motifs is 2. The molecule has 2 heterocycles. The van der Waals surface area contributed by atoms with Crippen molar-refractivity contribution in [1.29, 1.82) is 0 Å². The molecule has 0 unspecified atom stereocenters. The Kier molecular flexibility index (Phi) is 4.63. The van der Waals surface area contributed by atoms with E-state index < -0.39 is 0 Å². The van der Waals surface area contributed by atoms with Gasteiger partial charge in [-0.05, 0) is 41.8 Å². The third kappa shape index (κ3) is 3.43. The van der Waals surface area contributed by atoms with E-state index in [-0.39, 0.29) is 6.61 Å². The van der Waals surface area contributed by atoms with Crippen LogP contribution in [0.5, 0.6) is 0 Å². The Morgan fingerprint density at radius 1 is 1.30 bits per heavy atom. The summed E-state index contributed by atoms with van der Waals surface area (Å²) in [5.74, 6) is 0.340. The number of rotatable bonds is 5. The van der Waals surface area contributed by atoms with Crippen molar-refractivity contribution in [3.8, 4) is 0 Å². The number of anilines is 1. The molecule has 0 amide bonds. The van der Waals surface area contributed by atoms with Crippen molar-refractivity contribution in [3.05, 3.63) is 70.7 Å². The molecule has 0 bridgehead atoms. The molecule has 27 heavy (non-hydrogen) atoms. The molecular formula is C21H17N3O2S. The topological polar surface area (TPSA) is 53.9 Å². The Labute approximate surface area is 160 Å². The summed E-state index contributed by atoms with van der Waals surface area (Å²) < 4.78 is 6.86. The smallest absolute Gasteiger partial charge is 0.249 e. The molecule has 134 valence electrons. The van der Waals surface area contributed by atoms with Gasteiger partial charge in [-0.2, -0.15) is 0 Å². The average Bonchev–Trinajstić information content (AvgIpc) is 3.28. The van der Waals surface area contributed by atoms with Crippen LogP contribution in [0, 0.1) is 6.57 Å². The van der Waals surface area contributed by atoms with E-state index in [1.807, 2.05) is 48.4 Å². The third-order valence-corrected chi connectivity index (χ3v) is 5.36. The zero-order valence-corrected chi connectivity index (χ0v) is 15.5. The summed E-state index contributed by atoms with van der Waals surface area (Å²) in [5.41, 5.74) is 2.86. The normalized spacial score (nSPS) is 11.8. The van der Waals surface area contributed by atoms with Crippen molar-refractivity contribution in [3.63, 3.8) is 0 Å². The molecule has 0 radical (unpaired) electrons. The maximum Gasteiger partial charge on any atom is 0.249 e. The fourth-order valence-corrected chi connectivity index (χ4v) is 3.92. The predicted molar refractivity (Wildman–Crippen MR) is 111 cm³/mol. The van der Waals surface area contributed by atoms with Gasteiger partial charge >= 0.3 is 0 Å². The first kappa shape index (κ1) is 17.3. The van der Waals surface area contributed by atoms with Crippen molar-refractivity contribution in [2.45, 2.75) is 0 Å². The first-order chi connectivity index (χ1) is 13.2. The monoisotopic (exact) mass is 375 g/mol. The predicted octanol–water partition coefficient (Wildman–Crippen LogP) is 4.89. The lowest BCUT2D eigenvalue weighted by Gasteiger charge is -2.17. The maximum absolute atomic E-state index is 9.11. The van der Waals surface area contributed by atoms with E-state index in [9.17, 15) is 0 Å². The number of aliphatic hydroxyl groups excluding tert-OH is 1. The highest BCUT2D eigenvalue weighted by Crippen LogP contribution is 2.32. The number of oxazole rings is 1. The van der Waals surface area contributed by atoms with Gasteiger partial charge in [0, 0.05) is 28.9 Å². The molecule has 0 spiro atoms. The number of likely N-dealkylation sites (N-methyl/N-ethyl adjacent to an activating group) is 1. The minimum absolute atomic E-state index is 0.117. The Hall–Kier alpha value is -3.14. The number of aromatic nitrogens is 1. The van der Waals surface area contributed by atoms with Crippen LogP contribution in [0.4, 0.5) is 5.69 Å². The molecule has 0 saturated heterocycles. The first-order valence-corrected chi connectivity index (χ1v) is 9.30. The Balaban J connectivity index is 1.70. The van der Waals surface area contributed by atoms with E-state index in [0.717, 1.165) is 26.2 Å². The molecule has 0 aliphatic carbocycles. The number of aliphatic hydroxyl groups is 1. The van der Waals surface area contributed by atoms with Crippen molar-refractivity contribution < 1.29 is 9.52 Å². The van der Waals surface area contributed by atoms with Crippen molar-refractivity contribution >= 4 is 50.0 Å². The zero-order valence-electron chi connectivity index (χ0n) is 14.7. The molecule has 0 fully saturated rings. The average molecular weight is 375 g/mol. The summed E-state index contributed by atoms with van der Waals surface area (Å²) in [6.45, 7) is 8.23. The van der Waals surface area contributed by atoms with E-state index in [1.165, 1.54) is 0 Å². The molecule has 4 aromatic rings. The van der Waals surface area contributed by atoms with Crippen molar-refractivity contribution in [1.82, 2.24) is 4.98 Å². The zero-order chi connectivity index (χ0) is 18.8. The number of hydrogen-bond donors (Lipinski definition) is 1. The lowest BCUT2D eigenvalue weighted by molar-refractivity contribution is 0.304. The number of hydrogen-bond acceptors (Lipinski definition) is 5. The van der Waals surface area contributed by atoms with Gasteiger partial charge < -0.3 is 14.4 Å². The van der Waals surface area contributed by atoms with Crippen LogP contribution in [-0.2, 0) is 0 Å². The summed E-state index contributed by atoms with van der Waals surface area (Å²) in [5, 5.41) is 10.2. The van der Waals surface area contributed by atoms with Crippen LogP contribution in [0.25, 0.3) is 37.8 Å². The molecule has 1 N–H and O–H groups in total. The van der Waals surface area contributed by atoms with Gasteiger partial charge in [-0.15, -0.1) is 11.3 Å². The fourth-order valence-electron chi connectivity index (χ4n) is 2.89. The molecule has 0 atom stereocenters. The van der Waals surface area contributed by atoms with Crippen molar-refractivity contribution in [2.24, 2.45) is 0 Å². The Morgan fingerprint density at radius 2 is 2.15 bits per heavy atom. The summed E-state index contributed by atoms with van der Waals surface area (Å²) in [6.07, 6.45) is 1.82. The van der Waals surface area contributed by atoms with Crippen LogP contribution >= 0.6 is 11.3 Å². The van der Waals surface area contributed by atoms with Gasteiger partial charge in [-0.25, -0.2) is 9.83 Å². The summed E-state index contributed by atoms with van der Waals surface area (Å²) in [4.78, 5) is 11.0. The van der Waals surface area contributed by atoms with Crippen molar-refractivity contribution in [2.75, 3.05) is 25.1 Å². The van der Waals surface area contributed by atoms with Gasteiger partial charge in [0.15, 0.2) is 5.58 Å². The minimum atomic E-state index is 0.117. The van der Waals surface area contributed by atoms with Gasteiger partial charge in [-0.1, -0.05) is 18.2 Å². The largest absolute Gasteiger partial charge is 0.447 e. The van der Waals surface area contributed by atoms with Gasteiger partial charge in [0.25, 0.3) is 0 Å². The molecule has 4 rings (SSSR count). The molecular weight excluding hydrogens is 358 g/mol. The molecule has 0 aliphatic heterocycles. The molecule has 2 aromatic carbocycles. The molecule has 0 aliphatic rings. The van der Waals surface area contributed by atoms with E-state index in [4.69, 9.17) is 16.1 Å². The molecule has 5 nitrogen and oxygen atoms in total. The first-order valence-electron chi connectivity index (χ1n) is 8.48. The highest BCUT2D eigenvalue weighted by Gasteiger charge is 2.12. The fraction of sp³-hybridized carbons (Fsp3) is 0.143. The van der Waals surface area contributed by atoms with E-state index in [2.05, 4.69) is 28.0 Å². The Morgan fingerprint density at radius 3 is 2.93 bits per heavy atom. The maximum atomic E-state index is 9.11. The summed E-state index contributed by atoms with van der Waals surface area (Å²) in [7, 11) is 1.95. The Bertz CT molecular complexity index is 1150. The standard InChI is InChI=1S/C21H17N3O2S/c1-22-18(21-23-17-5-3-4-6-19(17)26-21)13-16-11-14-7-8-15(12-20(14)27-16)24(2)9-10-25/h3-8,11-13,25H,9-10H2,2H3/b18-13-. The summed E-state index contributed by atoms with van der Waals surface area (Å²) >= 11 is 1.61. The minimum Gasteiger partial charge on any atom is -0.447 e. The van der Waals surface area contributed by atoms with Crippen LogP contribution in [0.15, 0.2) is 52.9 Å². The summed E-state index contributed by atoms with van der Waals surface area (Å²) in [6, 6.07) is 15.7. The number of thiophene rings is 1. The SMILES string of the molecule is [C-]#[N+]/C(=C\c1cc2ccc(N(C)CCO)cc2s1)c1nc2ccccc2o1. The van der Waals surface area contributed by atoms with Gasteiger partial charge in [0.05, 0.1) is 13.2 Å². The second-order valence-corrected chi connectivity index (χ2v) is 7.26. The van der Waals surface area contributed by atoms with E-state index >= 15 is 0 Å². The van der Waals surface area contributed by atoms with Crippen LogP contribution in [0.3, 0.4) is 0 Å². The molecule has 0 saturated carbocycles. The highest BCUT2D eigenvalue weighted by atomic mass is 32.1. The molecule has 6 heteroatoms. The number of benzene rings is 2. The second kappa shape index (κ2) is 7.23. The van der Waals surface area contributed by atoms with Crippen LogP contribution in [0.2, 0.25) is 0 Å². The van der Waals surface area contributed by atoms with E-state index in [0.29, 0.717) is 23.7 Å². The molecule has 2 aromatic heterocycles. The van der Waals surface area contributed by atoms with Gasteiger partial charge in [-0.3, -0.25) is 0 Å². The lowest BCUT2D eigenvalue weighted by Crippen LogP contribution is -2.20. The van der Waals surface area contributed by atoms with Gasteiger partial charge in [0.1, 0.15) is 5.52 Å². The second-order valence-electron chi connectivity index (χ2n) is 6.14. The third-order valence-electron chi connectivity index (χ3n) is 4.31. The number of nitrogens with zero attached hydrogens (tertiary/aromatic N) is 3. The highest BCUT2D eigenvalue weighted by molar-refractivity contribution is 7.19. The van der Waals surface area contributed by atoms with Gasteiger partial charge in [0.2, 0.25) is 11.6 Å². The van der Waals surface area contributed by atoms with Crippen LogP contribution in [-0.4, -0.2) is 30.3 Å². The van der Waals surface area contributed by atoms with E-state index in [1.54, 1.807) is 11.3 Å². The van der Waals surface area contributed by atoms with Crippen LogP contribution < -0.4 is 4.90 Å². The van der Waals surface area contributed by atoms with Crippen LogP contribution in [0.1, 0.15) is 10.8 Å². The quantitative estimate of drug-likeness (QED) is 0.505. The lowest BCUT2D eigenvalue weighted by atomic mass is 10.2. The number of para-hydroxylation sites is 2.